The lowest BCUT2D eigenvalue weighted by molar-refractivity contribution is -0.147. The second-order valence-corrected chi connectivity index (χ2v) is 6.63. The van der Waals surface area contributed by atoms with Crippen molar-refractivity contribution in [1.82, 2.24) is 0 Å². The molecule has 8 heteroatoms. The Morgan fingerprint density at radius 1 is 1.06 bits per heavy atom. The van der Waals surface area contributed by atoms with E-state index in [0.717, 1.165) is 6.42 Å². The minimum absolute atomic E-state index is 0.00888. The van der Waals surface area contributed by atoms with Crippen LogP contribution in [0.4, 0.5) is 0 Å². The fraction of sp³-hybridized carbons (Fsp3) is 0.261. The Labute approximate surface area is 178 Å². The smallest absolute Gasteiger partial charge is 0.346 e. The molecule has 0 saturated carbocycles. The van der Waals surface area contributed by atoms with Crippen molar-refractivity contribution in [3.63, 3.8) is 0 Å². The summed E-state index contributed by atoms with van der Waals surface area (Å²) in [5, 5.41) is 0.287. The van der Waals surface area contributed by atoms with Crippen molar-refractivity contribution in [3.8, 4) is 17.2 Å². The number of ether oxygens (including phenoxy) is 4. The number of esters is 2. The molecule has 1 atom stereocenters. The SMILES string of the molecule is CCCOC(=O)c1ccc(Oc2coc3cc(OC(C)C(=O)OC)ccc3c2=O)cc1. The summed E-state index contributed by atoms with van der Waals surface area (Å²) in [6, 6.07) is 10.8. The molecule has 2 aromatic carbocycles. The van der Waals surface area contributed by atoms with Crippen molar-refractivity contribution in [2.45, 2.75) is 26.4 Å². The highest BCUT2D eigenvalue weighted by atomic mass is 16.6. The van der Waals surface area contributed by atoms with Gasteiger partial charge in [-0.15, -0.1) is 0 Å². The van der Waals surface area contributed by atoms with Gasteiger partial charge in [0.2, 0.25) is 11.2 Å². The Kier molecular flexibility index (Phi) is 6.92. The third-order valence-corrected chi connectivity index (χ3v) is 4.32. The Hall–Kier alpha value is -3.81. The van der Waals surface area contributed by atoms with Gasteiger partial charge in [-0.25, -0.2) is 9.59 Å². The van der Waals surface area contributed by atoms with Gasteiger partial charge in [0.1, 0.15) is 23.3 Å². The van der Waals surface area contributed by atoms with Gasteiger partial charge in [0.05, 0.1) is 24.7 Å². The van der Waals surface area contributed by atoms with Gasteiger partial charge in [0.25, 0.3) is 0 Å². The van der Waals surface area contributed by atoms with Crippen LogP contribution in [0, 0.1) is 0 Å². The molecule has 0 aliphatic rings. The number of rotatable bonds is 8. The standard InChI is InChI=1S/C23H22O8/c1-4-11-28-23(26)15-5-7-16(8-6-15)31-20-13-29-19-12-17(9-10-18(19)21(20)24)30-14(2)22(25)27-3/h5-10,12-14H,4,11H2,1-3H3. The predicted molar refractivity (Wildman–Crippen MR) is 112 cm³/mol. The van der Waals surface area contributed by atoms with Crippen molar-refractivity contribution in [2.75, 3.05) is 13.7 Å². The van der Waals surface area contributed by atoms with Crippen molar-refractivity contribution < 1.29 is 33.0 Å². The number of carbonyl (C=O) groups is 2. The van der Waals surface area contributed by atoms with Crippen LogP contribution in [0.3, 0.4) is 0 Å². The molecular formula is C23H22O8. The molecule has 0 amide bonds. The molecule has 3 aromatic rings. The van der Waals surface area contributed by atoms with Crippen LogP contribution < -0.4 is 14.9 Å². The summed E-state index contributed by atoms with van der Waals surface area (Å²) in [5.74, 6) is -0.225. The van der Waals surface area contributed by atoms with Gasteiger partial charge in [-0.1, -0.05) is 6.92 Å². The lowest BCUT2D eigenvalue weighted by atomic mass is 10.2. The van der Waals surface area contributed by atoms with Gasteiger partial charge >= 0.3 is 11.9 Å². The van der Waals surface area contributed by atoms with Crippen LogP contribution in [-0.2, 0) is 14.3 Å². The fourth-order valence-corrected chi connectivity index (χ4v) is 2.72. The zero-order valence-corrected chi connectivity index (χ0v) is 17.4. The summed E-state index contributed by atoms with van der Waals surface area (Å²) >= 11 is 0. The van der Waals surface area contributed by atoms with E-state index in [-0.39, 0.29) is 22.1 Å². The third kappa shape index (κ3) is 5.22. The molecule has 1 aromatic heterocycles. The number of fused-ring (bicyclic) bond motifs is 1. The number of hydrogen-bond acceptors (Lipinski definition) is 8. The number of benzene rings is 2. The van der Waals surface area contributed by atoms with E-state index in [9.17, 15) is 14.4 Å². The van der Waals surface area contributed by atoms with Gasteiger partial charge in [-0.05, 0) is 49.7 Å². The Balaban J connectivity index is 1.77. The van der Waals surface area contributed by atoms with Crippen LogP contribution >= 0.6 is 0 Å². The molecule has 0 aliphatic heterocycles. The average Bonchev–Trinajstić information content (AvgIpc) is 2.79. The van der Waals surface area contributed by atoms with Crippen LogP contribution in [0.5, 0.6) is 17.2 Å². The van der Waals surface area contributed by atoms with Gasteiger partial charge in [-0.2, -0.15) is 0 Å². The minimum Gasteiger partial charge on any atom is -0.479 e. The van der Waals surface area contributed by atoms with E-state index < -0.39 is 18.0 Å². The first-order valence-electron chi connectivity index (χ1n) is 9.68. The fourth-order valence-electron chi connectivity index (χ4n) is 2.72. The van der Waals surface area contributed by atoms with Gasteiger partial charge in [-0.3, -0.25) is 4.79 Å². The van der Waals surface area contributed by atoms with Gasteiger partial charge in [0, 0.05) is 6.07 Å². The highest BCUT2D eigenvalue weighted by molar-refractivity contribution is 5.89. The largest absolute Gasteiger partial charge is 0.479 e. The van der Waals surface area contributed by atoms with E-state index in [1.807, 2.05) is 6.92 Å². The molecule has 0 fully saturated rings. The van der Waals surface area contributed by atoms with Crippen LogP contribution in [0.2, 0.25) is 0 Å². The second-order valence-electron chi connectivity index (χ2n) is 6.63. The maximum absolute atomic E-state index is 12.7. The Morgan fingerprint density at radius 2 is 1.77 bits per heavy atom. The molecule has 0 aliphatic carbocycles. The monoisotopic (exact) mass is 426 g/mol. The van der Waals surface area contributed by atoms with E-state index in [1.165, 1.54) is 25.5 Å². The lowest BCUT2D eigenvalue weighted by Crippen LogP contribution is -2.24. The first-order valence-corrected chi connectivity index (χ1v) is 9.68. The minimum atomic E-state index is -0.806. The Bertz CT molecular complexity index is 1130. The molecule has 31 heavy (non-hydrogen) atoms. The zero-order chi connectivity index (χ0) is 22.4. The molecule has 0 spiro atoms. The van der Waals surface area contributed by atoms with E-state index in [1.54, 1.807) is 37.3 Å². The molecule has 1 heterocycles. The summed E-state index contributed by atoms with van der Waals surface area (Å²) in [7, 11) is 1.27. The molecule has 3 rings (SSSR count). The summed E-state index contributed by atoms with van der Waals surface area (Å²) in [4.78, 5) is 36.1. The number of hydrogen-bond donors (Lipinski definition) is 0. The van der Waals surface area contributed by atoms with Crippen LogP contribution in [-0.4, -0.2) is 31.8 Å². The van der Waals surface area contributed by atoms with Crippen LogP contribution in [0.15, 0.2) is 57.9 Å². The number of carbonyl (C=O) groups excluding carboxylic acids is 2. The molecule has 1 unspecified atom stereocenters. The Morgan fingerprint density at radius 3 is 2.45 bits per heavy atom. The average molecular weight is 426 g/mol. The van der Waals surface area contributed by atoms with E-state index in [0.29, 0.717) is 23.7 Å². The molecule has 0 bridgehead atoms. The normalized spacial score (nSPS) is 11.6. The van der Waals surface area contributed by atoms with Gasteiger partial charge < -0.3 is 23.4 Å². The molecule has 162 valence electrons. The molecule has 8 nitrogen and oxygen atoms in total. The molecular weight excluding hydrogens is 404 g/mol. The predicted octanol–water partition coefficient (Wildman–Crippen LogP) is 4.09. The summed E-state index contributed by atoms with van der Waals surface area (Å²) in [6.07, 6.45) is 1.13. The van der Waals surface area contributed by atoms with Crippen molar-refractivity contribution in [1.29, 1.82) is 0 Å². The van der Waals surface area contributed by atoms with E-state index in [2.05, 4.69) is 4.74 Å². The summed E-state index contributed by atoms with van der Waals surface area (Å²) < 4.78 is 26.3. The first kappa shape index (κ1) is 21.9. The van der Waals surface area contributed by atoms with Crippen molar-refractivity contribution in [2.24, 2.45) is 0 Å². The maximum Gasteiger partial charge on any atom is 0.346 e. The lowest BCUT2D eigenvalue weighted by Gasteiger charge is -2.12. The van der Waals surface area contributed by atoms with E-state index >= 15 is 0 Å². The first-order chi connectivity index (χ1) is 14.9. The van der Waals surface area contributed by atoms with Crippen LogP contribution in [0.25, 0.3) is 11.0 Å². The second kappa shape index (κ2) is 9.80. The highest BCUT2D eigenvalue weighted by Crippen LogP contribution is 2.25. The molecule has 0 saturated heterocycles. The summed E-state index contributed by atoms with van der Waals surface area (Å²) in [6.45, 7) is 3.82. The van der Waals surface area contributed by atoms with Crippen molar-refractivity contribution in [3.05, 3.63) is 64.5 Å². The number of methoxy groups -OCH3 is 1. The van der Waals surface area contributed by atoms with Crippen LogP contribution in [0.1, 0.15) is 30.6 Å². The van der Waals surface area contributed by atoms with Crippen molar-refractivity contribution >= 4 is 22.9 Å². The van der Waals surface area contributed by atoms with Gasteiger partial charge in [0.15, 0.2) is 6.10 Å². The quantitative estimate of drug-likeness (QED) is 0.497. The maximum atomic E-state index is 12.7. The third-order valence-electron chi connectivity index (χ3n) is 4.32. The highest BCUT2D eigenvalue weighted by Gasteiger charge is 2.16. The topological polar surface area (TPSA) is 101 Å². The molecule has 0 N–H and O–H groups in total. The molecule has 0 radical (unpaired) electrons. The van der Waals surface area contributed by atoms with E-state index in [4.69, 9.17) is 18.6 Å². The zero-order valence-electron chi connectivity index (χ0n) is 17.4. The summed E-state index contributed by atoms with van der Waals surface area (Å²) in [5.41, 5.74) is 0.293.